The van der Waals surface area contributed by atoms with E-state index in [1.807, 2.05) is 6.92 Å². The standard InChI is InChI=1S/C14H18BrFO/c1-3-5-6-10(4-2)14(17)12-9-11(15)7-8-13(12)16/h7-10H,3-6H2,1-2H3. The number of carbonyl (C=O) groups is 1. The van der Waals surface area contributed by atoms with Gasteiger partial charge in [0.2, 0.25) is 0 Å². The minimum atomic E-state index is -0.423. The second-order valence-electron chi connectivity index (χ2n) is 4.24. The molecule has 0 amide bonds. The zero-order valence-corrected chi connectivity index (χ0v) is 11.9. The summed E-state index contributed by atoms with van der Waals surface area (Å²) in [6.07, 6.45) is 3.69. The second-order valence-corrected chi connectivity index (χ2v) is 5.15. The molecule has 1 aromatic carbocycles. The van der Waals surface area contributed by atoms with Gasteiger partial charge in [0.25, 0.3) is 0 Å². The zero-order valence-electron chi connectivity index (χ0n) is 10.3. The molecule has 1 unspecified atom stereocenters. The van der Waals surface area contributed by atoms with Crippen molar-refractivity contribution >= 4 is 21.7 Å². The van der Waals surface area contributed by atoms with Crippen LogP contribution in [0, 0.1) is 11.7 Å². The van der Waals surface area contributed by atoms with Crippen LogP contribution in [0.25, 0.3) is 0 Å². The van der Waals surface area contributed by atoms with Gasteiger partial charge in [0, 0.05) is 10.4 Å². The molecular weight excluding hydrogens is 283 g/mol. The van der Waals surface area contributed by atoms with Crippen molar-refractivity contribution in [3.05, 3.63) is 34.1 Å². The van der Waals surface area contributed by atoms with Crippen LogP contribution in [0.15, 0.2) is 22.7 Å². The predicted octanol–water partition coefficient (Wildman–Crippen LogP) is 4.99. The highest BCUT2D eigenvalue weighted by atomic mass is 79.9. The summed E-state index contributed by atoms with van der Waals surface area (Å²) >= 11 is 3.27. The number of hydrogen-bond donors (Lipinski definition) is 0. The number of ketones is 1. The van der Waals surface area contributed by atoms with E-state index in [2.05, 4.69) is 22.9 Å². The Morgan fingerprint density at radius 2 is 2.12 bits per heavy atom. The fourth-order valence-corrected chi connectivity index (χ4v) is 2.24. The molecule has 94 valence electrons. The van der Waals surface area contributed by atoms with E-state index in [0.717, 1.165) is 30.2 Å². The Bertz CT molecular complexity index is 390. The molecule has 0 aliphatic heterocycles. The third-order valence-electron chi connectivity index (χ3n) is 2.96. The summed E-state index contributed by atoms with van der Waals surface area (Å²) in [7, 11) is 0. The van der Waals surface area contributed by atoms with E-state index in [1.54, 1.807) is 12.1 Å². The van der Waals surface area contributed by atoms with Crippen LogP contribution in [0.1, 0.15) is 49.9 Å². The van der Waals surface area contributed by atoms with Crippen LogP contribution in [0.5, 0.6) is 0 Å². The molecule has 1 rings (SSSR count). The first-order valence-corrected chi connectivity index (χ1v) is 6.88. The van der Waals surface area contributed by atoms with Gasteiger partial charge in [0.05, 0.1) is 5.56 Å². The van der Waals surface area contributed by atoms with E-state index in [1.165, 1.54) is 6.07 Å². The number of carbonyl (C=O) groups excluding carboxylic acids is 1. The predicted molar refractivity (Wildman–Crippen MR) is 71.7 cm³/mol. The van der Waals surface area contributed by atoms with Gasteiger partial charge in [-0.3, -0.25) is 4.79 Å². The molecule has 0 aromatic heterocycles. The van der Waals surface area contributed by atoms with Crippen molar-refractivity contribution in [3.8, 4) is 0 Å². The van der Waals surface area contributed by atoms with Crippen molar-refractivity contribution in [1.82, 2.24) is 0 Å². The van der Waals surface area contributed by atoms with Crippen molar-refractivity contribution in [2.75, 3.05) is 0 Å². The molecule has 0 fully saturated rings. The SMILES string of the molecule is CCCCC(CC)C(=O)c1cc(Br)ccc1F. The van der Waals surface area contributed by atoms with Crippen LogP contribution in [0.4, 0.5) is 4.39 Å². The van der Waals surface area contributed by atoms with Gasteiger partial charge in [0.1, 0.15) is 5.82 Å². The molecule has 1 atom stereocenters. The van der Waals surface area contributed by atoms with Gasteiger partial charge in [-0.1, -0.05) is 42.6 Å². The molecule has 0 saturated heterocycles. The lowest BCUT2D eigenvalue weighted by molar-refractivity contribution is 0.0904. The number of benzene rings is 1. The van der Waals surface area contributed by atoms with E-state index in [4.69, 9.17) is 0 Å². The van der Waals surface area contributed by atoms with Gasteiger partial charge < -0.3 is 0 Å². The lowest BCUT2D eigenvalue weighted by Gasteiger charge is -2.13. The van der Waals surface area contributed by atoms with Crippen LogP contribution in [0.3, 0.4) is 0 Å². The summed E-state index contributed by atoms with van der Waals surface area (Å²) in [4.78, 5) is 12.2. The smallest absolute Gasteiger partial charge is 0.168 e. The van der Waals surface area contributed by atoms with Crippen molar-refractivity contribution in [2.45, 2.75) is 39.5 Å². The Kier molecular flexibility index (Phi) is 5.83. The Hall–Kier alpha value is -0.700. The van der Waals surface area contributed by atoms with Crippen molar-refractivity contribution in [3.63, 3.8) is 0 Å². The van der Waals surface area contributed by atoms with E-state index in [-0.39, 0.29) is 17.3 Å². The maximum Gasteiger partial charge on any atom is 0.168 e. The molecule has 17 heavy (non-hydrogen) atoms. The quantitative estimate of drug-likeness (QED) is 0.677. The average Bonchev–Trinajstić information content (AvgIpc) is 2.33. The normalized spacial score (nSPS) is 12.5. The largest absolute Gasteiger partial charge is 0.294 e. The molecule has 0 bridgehead atoms. The molecule has 3 heteroatoms. The zero-order chi connectivity index (χ0) is 12.8. The molecule has 0 saturated carbocycles. The number of hydrogen-bond acceptors (Lipinski definition) is 1. The molecule has 0 aliphatic rings. The Labute approximate surface area is 111 Å². The van der Waals surface area contributed by atoms with Gasteiger partial charge >= 0.3 is 0 Å². The third-order valence-corrected chi connectivity index (χ3v) is 3.46. The van der Waals surface area contributed by atoms with Crippen molar-refractivity contribution in [2.24, 2.45) is 5.92 Å². The molecule has 0 heterocycles. The Morgan fingerprint density at radius 1 is 1.41 bits per heavy atom. The first kappa shape index (κ1) is 14.4. The van der Waals surface area contributed by atoms with Gasteiger partial charge in [0.15, 0.2) is 5.78 Å². The van der Waals surface area contributed by atoms with Crippen LogP contribution in [0.2, 0.25) is 0 Å². The summed E-state index contributed by atoms with van der Waals surface area (Å²) in [6.45, 7) is 4.07. The molecule has 0 N–H and O–H groups in total. The Morgan fingerprint density at radius 3 is 2.71 bits per heavy atom. The highest BCUT2D eigenvalue weighted by Crippen LogP contribution is 2.23. The minimum Gasteiger partial charge on any atom is -0.294 e. The van der Waals surface area contributed by atoms with Gasteiger partial charge in [-0.05, 0) is 31.0 Å². The van der Waals surface area contributed by atoms with Crippen molar-refractivity contribution < 1.29 is 9.18 Å². The minimum absolute atomic E-state index is 0.0567. The summed E-state index contributed by atoms with van der Waals surface area (Å²) in [6, 6.07) is 4.52. The maximum absolute atomic E-state index is 13.6. The fraction of sp³-hybridized carbons (Fsp3) is 0.500. The molecule has 1 nitrogen and oxygen atoms in total. The van der Waals surface area contributed by atoms with Crippen LogP contribution >= 0.6 is 15.9 Å². The third kappa shape index (κ3) is 3.91. The number of Topliss-reactive ketones (excluding diaryl/α,β-unsaturated/α-hetero) is 1. The molecule has 0 spiro atoms. The highest BCUT2D eigenvalue weighted by molar-refractivity contribution is 9.10. The fourth-order valence-electron chi connectivity index (χ4n) is 1.88. The van der Waals surface area contributed by atoms with E-state index >= 15 is 0 Å². The molecule has 0 aliphatic carbocycles. The van der Waals surface area contributed by atoms with Crippen LogP contribution < -0.4 is 0 Å². The van der Waals surface area contributed by atoms with Crippen LogP contribution in [-0.2, 0) is 0 Å². The van der Waals surface area contributed by atoms with E-state index in [9.17, 15) is 9.18 Å². The molecule has 0 radical (unpaired) electrons. The van der Waals surface area contributed by atoms with Gasteiger partial charge in [-0.15, -0.1) is 0 Å². The second kappa shape index (κ2) is 6.90. The lowest BCUT2D eigenvalue weighted by Crippen LogP contribution is -2.15. The summed E-state index contributed by atoms with van der Waals surface area (Å²) in [5.41, 5.74) is 0.210. The summed E-state index contributed by atoms with van der Waals surface area (Å²) < 4.78 is 14.3. The van der Waals surface area contributed by atoms with Crippen LogP contribution in [-0.4, -0.2) is 5.78 Å². The first-order chi connectivity index (χ1) is 8.10. The maximum atomic E-state index is 13.6. The van der Waals surface area contributed by atoms with E-state index in [0.29, 0.717) is 0 Å². The topological polar surface area (TPSA) is 17.1 Å². The number of halogens is 2. The van der Waals surface area contributed by atoms with Crippen molar-refractivity contribution in [1.29, 1.82) is 0 Å². The number of rotatable bonds is 6. The Balaban J connectivity index is 2.89. The first-order valence-electron chi connectivity index (χ1n) is 6.09. The highest BCUT2D eigenvalue weighted by Gasteiger charge is 2.20. The van der Waals surface area contributed by atoms with Gasteiger partial charge in [-0.2, -0.15) is 0 Å². The monoisotopic (exact) mass is 300 g/mol. The molecule has 1 aromatic rings. The lowest BCUT2D eigenvalue weighted by atomic mass is 9.90. The van der Waals surface area contributed by atoms with Gasteiger partial charge in [-0.25, -0.2) is 4.39 Å². The molecular formula is C14H18BrFO. The average molecular weight is 301 g/mol. The number of unbranched alkanes of at least 4 members (excludes halogenated alkanes) is 1. The summed E-state index contributed by atoms with van der Waals surface area (Å²) in [5.74, 6) is -0.549. The van der Waals surface area contributed by atoms with E-state index < -0.39 is 5.82 Å². The summed E-state index contributed by atoms with van der Waals surface area (Å²) in [5, 5.41) is 0.